The third-order valence-corrected chi connectivity index (χ3v) is 3.27. The van der Waals surface area contributed by atoms with Crippen molar-refractivity contribution in [1.82, 2.24) is 4.90 Å². The zero-order valence-corrected chi connectivity index (χ0v) is 10.0. The summed E-state index contributed by atoms with van der Waals surface area (Å²) in [5, 5.41) is 0. The fraction of sp³-hybridized carbons (Fsp3) is 0.385. The lowest BCUT2D eigenvalue weighted by atomic mass is 10.1. The summed E-state index contributed by atoms with van der Waals surface area (Å²) < 4.78 is 0. The molecule has 0 N–H and O–H groups in total. The summed E-state index contributed by atoms with van der Waals surface area (Å²) in [6, 6.07) is 9.36. The number of benzene rings is 1. The van der Waals surface area contributed by atoms with E-state index in [1.54, 1.807) is 0 Å². The molecule has 84 valence electrons. The molecule has 0 aromatic heterocycles. The van der Waals surface area contributed by atoms with Crippen LogP contribution < -0.4 is 0 Å². The molecule has 16 heavy (non-hydrogen) atoms. The smallest absolute Gasteiger partial charge is 0.169 e. The van der Waals surface area contributed by atoms with Crippen LogP contribution in [0.5, 0.6) is 0 Å². The lowest BCUT2D eigenvalue weighted by Crippen LogP contribution is -2.27. The van der Waals surface area contributed by atoms with Crippen molar-refractivity contribution in [2.75, 3.05) is 13.1 Å². The Morgan fingerprint density at radius 2 is 1.81 bits per heavy atom. The first-order chi connectivity index (χ1) is 7.77. The summed E-state index contributed by atoms with van der Waals surface area (Å²) in [7, 11) is 0. The highest BCUT2D eigenvalue weighted by Crippen LogP contribution is 2.12. The van der Waals surface area contributed by atoms with E-state index < -0.39 is 0 Å². The minimum atomic E-state index is 0.123. The molecule has 3 heteroatoms. The summed E-state index contributed by atoms with van der Waals surface area (Å²) in [5.74, 6) is 0.123. The van der Waals surface area contributed by atoms with E-state index in [0.29, 0.717) is 6.42 Å². The topological polar surface area (TPSA) is 20.3 Å². The molecule has 1 saturated heterocycles. The Kier molecular flexibility index (Phi) is 3.67. The third-order valence-electron chi connectivity index (χ3n) is 2.87. The van der Waals surface area contributed by atoms with Crippen molar-refractivity contribution in [3.8, 4) is 0 Å². The van der Waals surface area contributed by atoms with Crippen molar-refractivity contribution in [2.24, 2.45) is 0 Å². The van der Waals surface area contributed by atoms with Crippen LogP contribution in [0.2, 0.25) is 0 Å². The lowest BCUT2D eigenvalue weighted by molar-refractivity contribution is 0.0998. The first kappa shape index (κ1) is 11.3. The Morgan fingerprint density at radius 3 is 2.44 bits per heavy atom. The fourth-order valence-corrected chi connectivity index (χ4v) is 2.26. The molecule has 2 rings (SSSR count). The van der Waals surface area contributed by atoms with Crippen LogP contribution in [0.3, 0.4) is 0 Å². The highest BCUT2D eigenvalue weighted by atomic mass is 32.1. The fourth-order valence-electron chi connectivity index (χ4n) is 1.94. The zero-order chi connectivity index (χ0) is 11.4. The maximum atomic E-state index is 11.9. The predicted octanol–water partition coefficient (Wildman–Crippen LogP) is 2.68. The number of rotatable bonds is 3. The van der Waals surface area contributed by atoms with Crippen molar-refractivity contribution in [3.05, 3.63) is 35.9 Å². The van der Waals surface area contributed by atoms with Gasteiger partial charge in [0.1, 0.15) is 0 Å². The van der Waals surface area contributed by atoms with Gasteiger partial charge in [0, 0.05) is 18.7 Å². The minimum Gasteiger partial charge on any atom is -0.366 e. The Bertz CT molecular complexity index is 382. The van der Waals surface area contributed by atoms with Crippen molar-refractivity contribution in [2.45, 2.75) is 19.3 Å². The molecular formula is C13H15NOS. The van der Waals surface area contributed by atoms with Gasteiger partial charge in [0.05, 0.1) is 11.4 Å². The summed E-state index contributed by atoms with van der Waals surface area (Å²) >= 11 is 5.30. The quantitative estimate of drug-likeness (QED) is 0.591. The van der Waals surface area contributed by atoms with E-state index in [-0.39, 0.29) is 5.78 Å². The van der Waals surface area contributed by atoms with Crippen molar-refractivity contribution in [1.29, 1.82) is 0 Å². The molecule has 1 aromatic rings. The molecular weight excluding hydrogens is 218 g/mol. The predicted molar refractivity (Wildman–Crippen MR) is 68.8 cm³/mol. The minimum absolute atomic E-state index is 0.123. The molecule has 2 nitrogen and oxygen atoms in total. The van der Waals surface area contributed by atoms with E-state index in [4.69, 9.17) is 12.2 Å². The molecule has 1 fully saturated rings. The summed E-state index contributed by atoms with van der Waals surface area (Å²) in [5.41, 5.74) is 0.754. The average Bonchev–Trinajstić information content (AvgIpc) is 2.83. The molecule has 0 radical (unpaired) electrons. The first-order valence-electron chi connectivity index (χ1n) is 5.63. The highest BCUT2D eigenvalue weighted by molar-refractivity contribution is 7.80. The number of likely N-dealkylation sites (tertiary alicyclic amines) is 1. The standard InChI is InChI=1S/C13H15NOS/c15-12(11-6-2-1-3-7-11)10-13(16)14-8-4-5-9-14/h1-3,6-7H,4-5,8-10H2. The monoisotopic (exact) mass is 233 g/mol. The van der Waals surface area contributed by atoms with E-state index in [1.807, 2.05) is 30.3 Å². The number of ketones is 1. The molecule has 0 atom stereocenters. The molecule has 0 spiro atoms. The van der Waals surface area contributed by atoms with Gasteiger partial charge >= 0.3 is 0 Å². The second-order valence-corrected chi connectivity index (χ2v) is 4.53. The second kappa shape index (κ2) is 5.21. The number of carbonyl (C=O) groups excluding carboxylic acids is 1. The first-order valence-corrected chi connectivity index (χ1v) is 6.04. The Balaban J connectivity index is 1.94. The van der Waals surface area contributed by atoms with Crippen molar-refractivity contribution >= 4 is 23.0 Å². The number of hydrogen-bond acceptors (Lipinski definition) is 2. The Morgan fingerprint density at radius 1 is 1.19 bits per heavy atom. The number of thiocarbonyl (C=S) groups is 1. The number of nitrogens with zero attached hydrogens (tertiary/aromatic N) is 1. The van der Waals surface area contributed by atoms with Crippen LogP contribution in [0.15, 0.2) is 30.3 Å². The lowest BCUT2D eigenvalue weighted by Gasteiger charge is -2.17. The molecule has 0 unspecified atom stereocenters. The van der Waals surface area contributed by atoms with Gasteiger partial charge in [-0.05, 0) is 12.8 Å². The van der Waals surface area contributed by atoms with Crippen LogP contribution in [0.4, 0.5) is 0 Å². The molecule has 1 aliphatic heterocycles. The van der Waals surface area contributed by atoms with Gasteiger partial charge in [0.2, 0.25) is 0 Å². The molecule has 1 aliphatic rings. The summed E-state index contributed by atoms with van der Waals surface area (Å²) in [4.78, 5) is 14.8. The SMILES string of the molecule is O=C(CC(=S)N1CCCC1)c1ccccc1. The summed E-state index contributed by atoms with van der Waals surface area (Å²) in [6.45, 7) is 2.03. The maximum Gasteiger partial charge on any atom is 0.169 e. The number of Topliss-reactive ketones (excluding diaryl/α,β-unsaturated/α-hetero) is 1. The van der Waals surface area contributed by atoms with E-state index in [0.717, 1.165) is 23.6 Å². The average molecular weight is 233 g/mol. The van der Waals surface area contributed by atoms with Gasteiger partial charge in [0.15, 0.2) is 5.78 Å². The van der Waals surface area contributed by atoms with E-state index in [9.17, 15) is 4.79 Å². The van der Waals surface area contributed by atoms with Crippen molar-refractivity contribution < 1.29 is 4.79 Å². The van der Waals surface area contributed by atoms with Gasteiger partial charge < -0.3 is 4.90 Å². The van der Waals surface area contributed by atoms with Gasteiger partial charge in [-0.2, -0.15) is 0 Å². The van der Waals surface area contributed by atoms with Crippen molar-refractivity contribution in [3.63, 3.8) is 0 Å². The van der Waals surface area contributed by atoms with Crippen LogP contribution in [0, 0.1) is 0 Å². The van der Waals surface area contributed by atoms with E-state index in [1.165, 1.54) is 12.8 Å². The van der Waals surface area contributed by atoms with Crippen LogP contribution in [-0.4, -0.2) is 28.8 Å². The van der Waals surface area contributed by atoms with Crippen LogP contribution in [0.25, 0.3) is 0 Å². The van der Waals surface area contributed by atoms with Crippen LogP contribution in [-0.2, 0) is 0 Å². The largest absolute Gasteiger partial charge is 0.366 e. The molecule has 0 amide bonds. The summed E-state index contributed by atoms with van der Waals surface area (Å²) in [6.07, 6.45) is 2.76. The zero-order valence-electron chi connectivity index (χ0n) is 9.19. The van der Waals surface area contributed by atoms with Gasteiger partial charge in [0.25, 0.3) is 0 Å². The van der Waals surface area contributed by atoms with E-state index in [2.05, 4.69) is 4.90 Å². The number of hydrogen-bond donors (Lipinski definition) is 0. The molecule has 0 aliphatic carbocycles. The van der Waals surface area contributed by atoms with Gasteiger partial charge in [-0.3, -0.25) is 4.79 Å². The highest BCUT2D eigenvalue weighted by Gasteiger charge is 2.17. The van der Waals surface area contributed by atoms with Gasteiger partial charge in [-0.1, -0.05) is 42.5 Å². The van der Waals surface area contributed by atoms with Gasteiger partial charge in [-0.25, -0.2) is 0 Å². The molecule has 1 aromatic carbocycles. The normalized spacial score (nSPS) is 15.1. The van der Waals surface area contributed by atoms with Crippen LogP contribution >= 0.6 is 12.2 Å². The second-order valence-electron chi connectivity index (χ2n) is 4.05. The Labute approximate surface area is 101 Å². The van der Waals surface area contributed by atoms with E-state index >= 15 is 0 Å². The molecule has 1 heterocycles. The van der Waals surface area contributed by atoms with Gasteiger partial charge in [-0.15, -0.1) is 0 Å². The molecule has 0 bridgehead atoms. The van der Waals surface area contributed by atoms with Crippen LogP contribution in [0.1, 0.15) is 29.6 Å². The maximum absolute atomic E-state index is 11.9. The molecule has 0 saturated carbocycles. The Hall–Kier alpha value is -1.22. The third kappa shape index (κ3) is 2.67. The number of carbonyl (C=O) groups is 1.